The van der Waals surface area contributed by atoms with Gasteiger partial charge in [0.15, 0.2) is 0 Å². The monoisotopic (exact) mass is 503 g/mol. The maximum absolute atomic E-state index is 15.1. The SMILES string of the molecule is CC(C)N1CC2(CN(c3ccc(Nc4ncc5cc(C(=O)N(C)C)n(C67CC(C6)C7)c5n4)cc3F)C2)C1. The molecule has 2 aliphatic heterocycles. The number of fused-ring (bicyclic) bond motifs is 1. The summed E-state index contributed by atoms with van der Waals surface area (Å²) in [6.45, 7) is 8.48. The predicted molar refractivity (Wildman–Crippen MR) is 142 cm³/mol. The lowest BCUT2D eigenvalue weighted by atomic mass is 9.49. The van der Waals surface area contributed by atoms with Crippen molar-refractivity contribution in [2.75, 3.05) is 50.5 Å². The molecule has 2 aromatic heterocycles. The number of amides is 1. The zero-order valence-electron chi connectivity index (χ0n) is 22.0. The number of nitrogens with one attached hydrogen (secondary N) is 1. The smallest absolute Gasteiger partial charge is 0.270 e. The van der Waals surface area contributed by atoms with Gasteiger partial charge in [0, 0.05) is 74.5 Å². The molecule has 194 valence electrons. The van der Waals surface area contributed by atoms with Gasteiger partial charge < -0.3 is 19.7 Å². The van der Waals surface area contributed by atoms with Gasteiger partial charge in [-0.1, -0.05) is 0 Å². The van der Waals surface area contributed by atoms with Crippen LogP contribution in [0.5, 0.6) is 0 Å². The highest BCUT2D eigenvalue weighted by molar-refractivity contribution is 5.98. The zero-order chi connectivity index (χ0) is 25.7. The van der Waals surface area contributed by atoms with Crippen molar-refractivity contribution in [2.24, 2.45) is 11.3 Å². The molecule has 3 aromatic rings. The number of anilines is 3. The third-order valence-corrected chi connectivity index (χ3v) is 9.05. The van der Waals surface area contributed by atoms with Gasteiger partial charge in [-0.05, 0) is 63.3 Å². The summed E-state index contributed by atoms with van der Waals surface area (Å²) in [6, 6.07) is 7.74. The van der Waals surface area contributed by atoms with E-state index >= 15 is 4.39 Å². The summed E-state index contributed by atoms with van der Waals surface area (Å²) in [5.74, 6) is 0.902. The number of carbonyl (C=O) groups is 1. The van der Waals surface area contributed by atoms with Crippen LogP contribution >= 0.6 is 0 Å². The summed E-state index contributed by atoms with van der Waals surface area (Å²) in [5.41, 5.74) is 3.01. The highest BCUT2D eigenvalue weighted by Gasteiger charge is 2.59. The zero-order valence-corrected chi connectivity index (χ0v) is 22.0. The van der Waals surface area contributed by atoms with Gasteiger partial charge in [-0.2, -0.15) is 4.98 Å². The van der Waals surface area contributed by atoms with Crippen LogP contribution in [0.1, 0.15) is 43.6 Å². The average molecular weight is 504 g/mol. The van der Waals surface area contributed by atoms with Gasteiger partial charge in [0.1, 0.15) is 17.2 Å². The molecule has 5 fully saturated rings. The molecule has 8 rings (SSSR count). The Hall–Kier alpha value is -3.20. The van der Waals surface area contributed by atoms with Crippen molar-refractivity contribution in [2.45, 2.75) is 44.7 Å². The first-order valence-corrected chi connectivity index (χ1v) is 13.3. The Morgan fingerprint density at radius 3 is 2.46 bits per heavy atom. The second-order valence-corrected chi connectivity index (χ2v) is 12.4. The van der Waals surface area contributed by atoms with Crippen LogP contribution in [0.2, 0.25) is 0 Å². The fourth-order valence-corrected chi connectivity index (χ4v) is 6.91. The van der Waals surface area contributed by atoms with Crippen molar-refractivity contribution in [3.63, 3.8) is 0 Å². The third kappa shape index (κ3) is 3.39. The first kappa shape index (κ1) is 23.0. The van der Waals surface area contributed by atoms with E-state index in [1.807, 2.05) is 18.2 Å². The van der Waals surface area contributed by atoms with E-state index in [2.05, 4.69) is 38.5 Å². The van der Waals surface area contributed by atoms with Crippen LogP contribution in [0.15, 0.2) is 30.5 Å². The van der Waals surface area contributed by atoms with E-state index in [1.165, 1.54) is 6.07 Å². The Bertz CT molecular complexity index is 1400. The number of halogens is 1. The summed E-state index contributed by atoms with van der Waals surface area (Å²) >= 11 is 0. The van der Waals surface area contributed by atoms with Crippen LogP contribution in [0.4, 0.5) is 21.7 Å². The molecular weight excluding hydrogens is 469 g/mol. The Morgan fingerprint density at radius 2 is 1.86 bits per heavy atom. The van der Waals surface area contributed by atoms with E-state index < -0.39 is 0 Å². The fraction of sp³-hybridized carbons (Fsp3) is 0.536. The van der Waals surface area contributed by atoms with Gasteiger partial charge in [0.2, 0.25) is 5.95 Å². The Morgan fingerprint density at radius 1 is 1.14 bits per heavy atom. The molecule has 3 aliphatic carbocycles. The van der Waals surface area contributed by atoms with E-state index in [-0.39, 0.29) is 17.3 Å². The normalized spacial score (nSPS) is 25.5. The van der Waals surface area contributed by atoms with Crippen molar-refractivity contribution in [3.8, 4) is 0 Å². The minimum Gasteiger partial charge on any atom is -0.368 e. The molecule has 4 heterocycles. The summed E-state index contributed by atoms with van der Waals surface area (Å²) < 4.78 is 17.3. The molecule has 3 saturated carbocycles. The molecule has 37 heavy (non-hydrogen) atoms. The number of benzene rings is 1. The molecule has 2 saturated heterocycles. The summed E-state index contributed by atoms with van der Waals surface area (Å²) in [7, 11) is 3.55. The second kappa shape index (κ2) is 7.66. The van der Waals surface area contributed by atoms with Crippen molar-refractivity contribution >= 4 is 34.3 Å². The standard InChI is InChI=1S/C28H34FN7O/c1-17(2)34-13-27(14-34)15-35(16-27)22-6-5-20(8-21(22)29)31-26-30-12-19-7-23(25(37)33(3)4)36(24(19)32-26)28-9-18(10-28)11-28/h5-8,12,17-18H,9-11,13-16H2,1-4H3,(H,30,31,32). The second-order valence-electron chi connectivity index (χ2n) is 12.4. The number of aromatic nitrogens is 3. The molecule has 0 radical (unpaired) electrons. The molecule has 0 atom stereocenters. The van der Waals surface area contributed by atoms with Crippen LogP contribution in [-0.2, 0) is 5.54 Å². The van der Waals surface area contributed by atoms with E-state index in [1.54, 1.807) is 25.2 Å². The molecule has 0 unspecified atom stereocenters. The van der Waals surface area contributed by atoms with E-state index in [9.17, 15) is 4.79 Å². The highest BCUT2D eigenvalue weighted by Crippen LogP contribution is 2.63. The summed E-state index contributed by atoms with van der Waals surface area (Å²) in [6.07, 6.45) is 5.04. The lowest BCUT2D eigenvalue weighted by Gasteiger charge is -2.62. The molecule has 9 heteroatoms. The average Bonchev–Trinajstić information content (AvgIpc) is 3.08. The maximum atomic E-state index is 15.1. The van der Waals surface area contributed by atoms with Crippen LogP contribution in [-0.4, -0.2) is 76.6 Å². The first-order chi connectivity index (χ1) is 17.7. The minimum absolute atomic E-state index is 0.00593. The van der Waals surface area contributed by atoms with Crippen molar-refractivity contribution in [1.29, 1.82) is 0 Å². The highest BCUT2D eigenvalue weighted by atomic mass is 19.1. The van der Waals surface area contributed by atoms with Crippen LogP contribution < -0.4 is 10.2 Å². The van der Waals surface area contributed by atoms with Crippen LogP contribution in [0.25, 0.3) is 11.0 Å². The first-order valence-electron chi connectivity index (χ1n) is 13.3. The van der Waals surface area contributed by atoms with Crippen molar-refractivity contribution < 1.29 is 9.18 Å². The van der Waals surface area contributed by atoms with Crippen molar-refractivity contribution in [1.82, 2.24) is 24.3 Å². The number of hydrogen-bond donors (Lipinski definition) is 1. The predicted octanol–water partition coefficient (Wildman–Crippen LogP) is 4.06. The topological polar surface area (TPSA) is 69.5 Å². The van der Waals surface area contributed by atoms with Crippen LogP contribution in [0.3, 0.4) is 0 Å². The van der Waals surface area contributed by atoms with Gasteiger partial charge >= 0.3 is 0 Å². The molecule has 2 bridgehead atoms. The maximum Gasteiger partial charge on any atom is 0.270 e. The lowest BCUT2D eigenvalue weighted by Crippen LogP contribution is -2.73. The summed E-state index contributed by atoms with van der Waals surface area (Å²) in [4.78, 5) is 28.5. The Labute approximate surface area is 216 Å². The molecular formula is C28H34FN7O. The quantitative estimate of drug-likeness (QED) is 0.547. The molecule has 1 amide bonds. The summed E-state index contributed by atoms with van der Waals surface area (Å²) in [5, 5.41) is 4.04. The Balaban J connectivity index is 1.12. The molecule has 5 aliphatic rings. The fourth-order valence-electron chi connectivity index (χ4n) is 6.91. The van der Waals surface area contributed by atoms with Gasteiger partial charge in [-0.15, -0.1) is 0 Å². The Kier molecular flexibility index (Phi) is 4.75. The largest absolute Gasteiger partial charge is 0.368 e. The minimum atomic E-state index is -0.239. The third-order valence-electron chi connectivity index (χ3n) is 9.05. The van der Waals surface area contributed by atoms with Gasteiger partial charge in [0.05, 0.1) is 5.69 Å². The van der Waals surface area contributed by atoms with Gasteiger partial charge in [-0.25, -0.2) is 9.37 Å². The number of rotatable bonds is 6. The number of nitrogens with zero attached hydrogens (tertiary/aromatic N) is 6. The molecule has 8 nitrogen and oxygen atoms in total. The molecule has 1 N–H and O–H groups in total. The van der Waals surface area contributed by atoms with E-state index in [0.717, 1.165) is 62.4 Å². The molecule has 1 aromatic carbocycles. The van der Waals surface area contributed by atoms with E-state index in [4.69, 9.17) is 4.98 Å². The van der Waals surface area contributed by atoms with Crippen LogP contribution in [0, 0.1) is 17.2 Å². The lowest BCUT2D eigenvalue weighted by molar-refractivity contribution is -0.0870. The number of hydrogen-bond acceptors (Lipinski definition) is 6. The van der Waals surface area contributed by atoms with Gasteiger partial charge in [0.25, 0.3) is 5.91 Å². The number of likely N-dealkylation sites (tertiary alicyclic amines) is 1. The molecule has 1 spiro atoms. The van der Waals surface area contributed by atoms with Gasteiger partial charge in [-0.3, -0.25) is 9.69 Å². The van der Waals surface area contributed by atoms with E-state index in [0.29, 0.717) is 34.5 Å². The number of carbonyl (C=O) groups excluding carboxylic acids is 1. The van der Waals surface area contributed by atoms with Crippen molar-refractivity contribution in [3.05, 3.63) is 42.0 Å².